The number of fused-ring (bicyclic) bond motifs is 1. The summed E-state index contributed by atoms with van der Waals surface area (Å²) in [5.74, 6) is 1.74. The van der Waals surface area contributed by atoms with Gasteiger partial charge in [0.2, 0.25) is 0 Å². The van der Waals surface area contributed by atoms with Crippen LogP contribution in [0.5, 0.6) is 11.5 Å². The highest BCUT2D eigenvalue weighted by Crippen LogP contribution is 2.34. The molecule has 0 aliphatic carbocycles. The summed E-state index contributed by atoms with van der Waals surface area (Å²) < 4.78 is 16.6. The van der Waals surface area contributed by atoms with Crippen molar-refractivity contribution >= 4 is 22.6 Å². The van der Waals surface area contributed by atoms with E-state index in [1.165, 1.54) is 0 Å². The van der Waals surface area contributed by atoms with Crippen LogP contribution in [0.1, 0.15) is 37.3 Å². The molecule has 0 unspecified atom stereocenters. The SMILES string of the molecule is CCCCc1c(C)c2cc(OCCCCl)c(OC)cc2oc1=O. The third kappa shape index (κ3) is 3.99. The van der Waals surface area contributed by atoms with Gasteiger partial charge in [0.1, 0.15) is 5.58 Å². The molecule has 0 bridgehead atoms. The number of hydrogen-bond donors (Lipinski definition) is 0. The van der Waals surface area contributed by atoms with Gasteiger partial charge in [0.25, 0.3) is 0 Å². The zero-order chi connectivity index (χ0) is 16.8. The molecule has 0 atom stereocenters. The van der Waals surface area contributed by atoms with E-state index in [-0.39, 0.29) is 5.63 Å². The van der Waals surface area contributed by atoms with E-state index in [1.807, 2.05) is 13.0 Å². The van der Waals surface area contributed by atoms with Gasteiger partial charge >= 0.3 is 5.63 Å². The molecule has 126 valence electrons. The molecule has 0 aliphatic rings. The lowest BCUT2D eigenvalue weighted by Crippen LogP contribution is -2.10. The Bertz CT molecular complexity index is 721. The van der Waals surface area contributed by atoms with Crippen LogP contribution in [-0.4, -0.2) is 19.6 Å². The zero-order valence-electron chi connectivity index (χ0n) is 13.9. The van der Waals surface area contributed by atoms with Crippen molar-refractivity contribution in [3.05, 3.63) is 33.7 Å². The maximum absolute atomic E-state index is 12.2. The fourth-order valence-corrected chi connectivity index (χ4v) is 2.66. The van der Waals surface area contributed by atoms with E-state index in [9.17, 15) is 4.79 Å². The van der Waals surface area contributed by atoms with Gasteiger partial charge in [-0.15, -0.1) is 11.6 Å². The lowest BCUT2D eigenvalue weighted by atomic mass is 10.0. The Balaban J connectivity index is 2.50. The van der Waals surface area contributed by atoms with Crippen LogP contribution in [0.2, 0.25) is 0 Å². The molecule has 0 amide bonds. The molecular formula is C18H23ClO4. The van der Waals surface area contributed by atoms with Crippen molar-refractivity contribution in [2.75, 3.05) is 19.6 Å². The number of alkyl halides is 1. The first-order valence-corrected chi connectivity index (χ1v) is 8.48. The smallest absolute Gasteiger partial charge is 0.339 e. The van der Waals surface area contributed by atoms with Crippen molar-refractivity contribution in [3.8, 4) is 11.5 Å². The number of unbranched alkanes of at least 4 members (excludes halogenated alkanes) is 1. The second-order valence-corrected chi connectivity index (χ2v) is 5.86. The van der Waals surface area contributed by atoms with E-state index in [1.54, 1.807) is 13.2 Å². The van der Waals surface area contributed by atoms with Crippen molar-refractivity contribution in [3.63, 3.8) is 0 Å². The summed E-state index contributed by atoms with van der Waals surface area (Å²) in [5, 5.41) is 0.886. The van der Waals surface area contributed by atoms with Crippen LogP contribution in [-0.2, 0) is 6.42 Å². The summed E-state index contributed by atoms with van der Waals surface area (Å²) in [7, 11) is 1.57. The predicted molar refractivity (Wildman–Crippen MR) is 93.2 cm³/mol. The van der Waals surface area contributed by atoms with E-state index in [2.05, 4.69) is 6.92 Å². The first-order chi connectivity index (χ1) is 11.1. The fourth-order valence-electron chi connectivity index (χ4n) is 2.55. The highest BCUT2D eigenvalue weighted by Gasteiger charge is 2.15. The van der Waals surface area contributed by atoms with E-state index in [4.69, 9.17) is 25.5 Å². The average Bonchev–Trinajstić information content (AvgIpc) is 2.55. The minimum absolute atomic E-state index is 0.263. The summed E-state index contributed by atoms with van der Waals surface area (Å²) in [6.45, 7) is 4.58. The molecule has 5 heteroatoms. The summed E-state index contributed by atoms with van der Waals surface area (Å²) in [6, 6.07) is 3.60. The molecule has 4 nitrogen and oxygen atoms in total. The van der Waals surface area contributed by atoms with Crippen molar-refractivity contribution < 1.29 is 13.9 Å². The minimum atomic E-state index is -0.263. The van der Waals surface area contributed by atoms with Crippen LogP contribution >= 0.6 is 11.6 Å². The molecule has 0 aliphatic heterocycles. The monoisotopic (exact) mass is 338 g/mol. The van der Waals surface area contributed by atoms with Gasteiger partial charge in [-0.3, -0.25) is 0 Å². The van der Waals surface area contributed by atoms with Gasteiger partial charge in [-0.05, 0) is 37.8 Å². The van der Waals surface area contributed by atoms with Gasteiger partial charge in [0.05, 0.1) is 13.7 Å². The third-order valence-corrected chi connectivity index (χ3v) is 4.15. The number of benzene rings is 1. The highest BCUT2D eigenvalue weighted by molar-refractivity contribution is 6.17. The Labute approximate surface area is 141 Å². The summed E-state index contributed by atoms with van der Waals surface area (Å²) >= 11 is 5.69. The van der Waals surface area contributed by atoms with Gasteiger partial charge in [-0.1, -0.05) is 13.3 Å². The molecule has 1 aromatic heterocycles. The van der Waals surface area contributed by atoms with Crippen molar-refractivity contribution in [1.82, 2.24) is 0 Å². The quantitative estimate of drug-likeness (QED) is 0.405. The number of rotatable bonds is 8. The number of aryl methyl sites for hydroxylation is 1. The van der Waals surface area contributed by atoms with Crippen molar-refractivity contribution in [2.45, 2.75) is 39.5 Å². The van der Waals surface area contributed by atoms with Gasteiger partial charge in [-0.2, -0.15) is 0 Å². The van der Waals surface area contributed by atoms with Crippen LogP contribution in [0.15, 0.2) is 21.3 Å². The Morgan fingerprint density at radius 3 is 2.65 bits per heavy atom. The standard InChI is InChI=1S/C18H23ClO4/c1-4-5-7-13-12(2)14-10-17(22-9-6-8-19)16(21-3)11-15(14)23-18(13)20/h10-11H,4-9H2,1-3H3. The van der Waals surface area contributed by atoms with Crippen LogP contribution in [0, 0.1) is 6.92 Å². The highest BCUT2D eigenvalue weighted by atomic mass is 35.5. The van der Waals surface area contributed by atoms with Gasteiger partial charge in [0, 0.05) is 22.9 Å². The fraction of sp³-hybridized carbons (Fsp3) is 0.500. The summed E-state index contributed by atoms with van der Waals surface area (Å²) in [5.41, 5.74) is 1.96. The number of methoxy groups -OCH3 is 1. The molecule has 0 saturated heterocycles. The lowest BCUT2D eigenvalue weighted by Gasteiger charge is -2.13. The maximum atomic E-state index is 12.2. The summed E-state index contributed by atoms with van der Waals surface area (Å²) in [6.07, 6.45) is 3.49. The minimum Gasteiger partial charge on any atom is -0.493 e. The van der Waals surface area contributed by atoms with E-state index >= 15 is 0 Å². The molecular weight excluding hydrogens is 316 g/mol. The molecule has 0 spiro atoms. The van der Waals surface area contributed by atoms with Crippen LogP contribution in [0.3, 0.4) is 0 Å². The second-order valence-electron chi connectivity index (χ2n) is 5.49. The largest absolute Gasteiger partial charge is 0.493 e. The van der Waals surface area contributed by atoms with E-state index in [0.717, 1.165) is 42.2 Å². The molecule has 0 radical (unpaired) electrons. The van der Waals surface area contributed by atoms with E-state index in [0.29, 0.717) is 29.6 Å². The Morgan fingerprint density at radius 1 is 1.22 bits per heavy atom. The molecule has 1 aromatic carbocycles. The topological polar surface area (TPSA) is 48.7 Å². The molecule has 0 saturated carbocycles. The second kappa shape index (κ2) is 8.25. The van der Waals surface area contributed by atoms with Gasteiger partial charge in [0.15, 0.2) is 11.5 Å². The Morgan fingerprint density at radius 2 is 2.00 bits per heavy atom. The number of ether oxygens (including phenoxy) is 2. The maximum Gasteiger partial charge on any atom is 0.339 e. The summed E-state index contributed by atoms with van der Waals surface area (Å²) in [4.78, 5) is 12.2. The molecule has 0 N–H and O–H groups in total. The predicted octanol–water partition coefficient (Wildman–Crippen LogP) is 4.46. The lowest BCUT2D eigenvalue weighted by molar-refractivity contribution is 0.295. The molecule has 0 fully saturated rings. The molecule has 1 heterocycles. The zero-order valence-corrected chi connectivity index (χ0v) is 14.7. The van der Waals surface area contributed by atoms with Crippen molar-refractivity contribution in [1.29, 1.82) is 0 Å². The van der Waals surface area contributed by atoms with Crippen LogP contribution in [0.25, 0.3) is 11.0 Å². The average molecular weight is 339 g/mol. The van der Waals surface area contributed by atoms with E-state index < -0.39 is 0 Å². The number of halogens is 1. The first kappa shape index (κ1) is 17.7. The van der Waals surface area contributed by atoms with Gasteiger partial charge in [-0.25, -0.2) is 4.79 Å². The van der Waals surface area contributed by atoms with Crippen molar-refractivity contribution in [2.24, 2.45) is 0 Å². The normalized spacial score (nSPS) is 11.0. The Hall–Kier alpha value is -1.68. The third-order valence-electron chi connectivity index (χ3n) is 3.89. The molecule has 2 aromatic rings. The molecule has 2 rings (SSSR count). The number of hydrogen-bond acceptors (Lipinski definition) is 4. The van der Waals surface area contributed by atoms with Gasteiger partial charge < -0.3 is 13.9 Å². The van der Waals surface area contributed by atoms with Crippen LogP contribution < -0.4 is 15.1 Å². The molecule has 23 heavy (non-hydrogen) atoms. The Kier molecular flexibility index (Phi) is 6.34. The van der Waals surface area contributed by atoms with Crippen LogP contribution in [0.4, 0.5) is 0 Å². The first-order valence-electron chi connectivity index (χ1n) is 7.95.